The maximum absolute atomic E-state index is 13.0. The third-order valence-corrected chi connectivity index (χ3v) is 9.10. The summed E-state index contributed by atoms with van der Waals surface area (Å²) < 4.78 is 46.1. The van der Waals surface area contributed by atoms with Crippen LogP contribution in [0.25, 0.3) is 0 Å². The van der Waals surface area contributed by atoms with E-state index in [0.717, 1.165) is 11.3 Å². The molecule has 1 aliphatic heterocycles. The molecule has 0 spiro atoms. The van der Waals surface area contributed by atoms with Crippen LogP contribution in [-0.4, -0.2) is 56.9 Å². The summed E-state index contributed by atoms with van der Waals surface area (Å²) in [5, 5.41) is 6.66. The van der Waals surface area contributed by atoms with Crippen molar-refractivity contribution < 1.29 is 31.9 Å². The minimum Gasteiger partial charge on any atom is -0.497 e. The maximum Gasteiger partial charge on any atom is 0.247 e. The molecule has 9 nitrogen and oxygen atoms in total. The number of nitrogens with one attached hydrogen (secondary N) is 1. The van der Waals surface area contributed by atoms with E-state index in [1.165, 1.54) is 13.8 Å². The number of sulfone groups is 1. The van der Waals surface area contributed by atoms with Crippen molar-refractivity contribution in [2.24, 2.45) is 5.92 Å². The number of methoxy groups -OCH3 is 1. The van der Waals surface area contributed by atoms with Gasteiger partial charge >= 0.3 is 0 Å². The molecule has 0 unspecified atom stereocenters. The second-order valence-electron chi connectivity index (χ2n) is 10.1. The SMILES string of the molecule is COc1ccc(COCC(C)(C)c2cc(NC(=O)C(C)(C)S(=O)(=O)CC3CCOCC3)on2)cc1. The molecule has 1 aliphatic rings. The molecule has 0 saturated carbocycles. The van der Waals surface area contributed by atoms with E-state index in [-0.39, 0.29) is 17.6 Å². The van der Waals surface area contributed by atoms with Crippen molar-refractivity contribution in [1.82, 2.24) is 5.16 Å². The Kier molecular flexibility index (Phi) is 8.61. The molecule has 1 aromatic heterocycles. The highest BCUT2D eigenvalue weighted by molar-refractivity contribution is 7.93. The molecule has 0 aliphatic carbocycles. The molecule has 1 amide bonds. The molecule has 35 heavy (non-hydrogen) atoms. The van der Waals surface area contributed by atoms with E-state index < -0.39 is 25.9 Å². The monoisotopic (exact) mass is 508 g/mol. The van der Waals surface area contributed by atoms with Gasteiger partial charge in [0.05, 0.1) is 31.8 Å². The van der Waals surface area contributed by atoms with Crippen LogP contribution >= 0.6 is 0 Å². The van der Waals surface area contributed by atoms with Gasteiger partial charge in [-0.3, -0.25) is 10.1 Å². The molecule has 1 aromatic carbocycles. The number of hydrogen-bond acceptors (Lipinski definition) is 8. The van der Waals surface area contributed by atoms with E-state index in [9.17, 15) is 13.2 Å². The Morgan fingerprint density at radius 1 is 1.14 bits per heavy atom. The van der Waals surface area contributed by atoms with Gasteiger partial charge < -0.3 is 18.7 Å². The van der Waals surface area contributed by atoms with E-state index in [1.54, 1.807) is 13.2 Å². The van der Waals surface area contributed by atoms with E-state index >= 15 is 0 Å². The Morgan fingerprint density at radius 3 is 2.43 bits per heavy atom. The molecule has 2 heterocycles. The molecule has 1 fully saturated rings. The highest BCUT2D eigenvalue weighted by Crippen LogP contribution is 2.28. The lowest BCUT2D eigenvalue weighted by Gasteiger charge is -2.28. The molecule has 0 radical (unpaired) electrons. The summed E-state index contributed by atoms with van der Waals surface area (Å²) in [6.45, 7) is 8.63. The number of carbonyl (C=O) groups is 1. The lowest BCUT2D eigenvalue weighted by atomic mass is 9.90. The van der Waals surface area contributed by atoms with Gasteiger partial charge in [-0.25, -0.2) is 8.42 Å². The minimum absolute atomic E-state index is 0.00331. The Morgan fingerprint density at radius 2 is 1.80 bits per heavy atom. The van der Waals surface area contributed by atoms with Crippen LogP contribution in [0.5, 0.6) is 5.75 Å². The number of rotatable bonds is 11. The second-order valence-corrected chi connectivity index (χ2v) is 12.7. The smallest absolute Gasteiger partial charge is 0.247 e. The molecular weight excluding hydrogens is 472 g/mol. The van der Waals surface area contributed by atoms with Crippen molar-refractivity contribution >= 4 is 21.6 Å². The van der Waals surface area contributed by atoms with Crippen LogP contribution in [0.3, 0.4) is 0 Å². The molecular formula is C25H36N2O7S. The summed E-state index contributed by atoms with van der Waals surface area (Å²) in [5.74, 6) is 0.183. The average molecular weight is 509 g/mol. The lowest BCUT2D eigenvalue weighted by molar-refractivity contribution is -0.118. The molecule has 0 bridgehead atoms. The molecule has 0 atom stereocenters. The number of ether oxygens (including phenoxy) is 3. The fraction of sp³-hybridized carbons (Fsp3) is 0.600. The first kappa shape index (κ1) is 27.2. The van der Waals surface area contributed by atoms with E-state index in [4.69, 9.17) is 18.7 Å². The van der Waals surface area contributed by atoms with Crippen LogP contribution < -0.4 is 10.1 Å². The van der Waals surface area contributed by atoms with Gasteiger partial charge in [0.2, 0.25) is 11.8 Å². The first-order chi connectivity index (χ1) is 16.4. The summed E-state index contributed by atoms with van der Waals surface area (Å²) >= 11 is 0. The first-order valence-electron chi connectivity index (χ1n) is 11.7. The average Bonchev–Trinajstić information content (AvgIpc) is 3.29. The zero-order valence-electron chi connectivity index (χ0n) is 21.1. The van der Waals surface area contributed by atoms with Crippen molar-refractivity contribution in [2.45, 2.75) is 57.3 Å². The van der Waals surface area contributed by atoms with Gasteiger partial charge in [-0.15, -0.1) is 0 Å². The third-order valence-electron chi connectivity index (χ3n) is 6.45. The number of benzene rings is 1. The predicted octanol–water partition coefficient (Wildman–Crippen LogP) is 3.74. The summed E-state index contributed by atoms with van der Waals surface area (Å²) in [6.07, 6.45) is 1.36. The van der Waals surface area contributed by atoms with E-state index in [2.05, 4.69) is 10.5 Å². The summed E-state index contributed by atoms with van der Waals surface area (Å²) in [4.78, 5) is 12.9. The Bertz CT molecular complexity index is 1090. The number of anilines is 1. The maximum atomic E-state index is 13.0. The van der Waals surface area contributed by atoms with E-state index in [0.29, 0.717) is 45.0 Å². The Balaban J connectivity index is 1.57. The van der Waals surface area contributed by atoms with E-state index in [1.807, 2.05) is 38.1 Å². The lowest BCUT2D eigenvalue weighted by Crippen LogP contribution is -2.47. The molecule has 2 aromatic rings. The summed E-state index contributed by atoms with van der Waals surface area (Å²) in [6, 6.07) is 9.24. The van der Waals surface area contributed by atoms with Gasteiger partial charge in [0, 0.05) is 24.7 Å². The molecule has 1 N–H and O–H groups in total. The number of hydrogen-bond donors (Lipinski definition) is 1. The van der Waals surface area contributed by atoms with Gasteiger partial charge in [0.25, 0.3) is 0 Å². The van der Waals surface area contributed by atoms with Crippen LogP contribution in [0.1, 0.15) is 51.8 Å². The fourth-order valence-corrected chi connectivity index (χ4v) is 5.41. The first-order valence-corrected chi connectivity index (χ1v) is 13.4. The van der Waals surface area contributed by atoms with Crippen LogP contribution in [0.4, 0.5) is 5.88 Å². The standard InChI is InChI=1S/C25H36N2O7S/c1-24(2,17-33-15-18-6-8-20(31-5)9-7-18)21-14-22(34-27-21)26-23(28)25(3,4)35(29,30)16-19-10-12-32-13-11-19/h6-9,14,19H,10-13,15-17H2,1-5H3,(H,26,28). The normalized spacial score (nSPS) is 15.7. The van der Waals surface area contributed by atoms with Crippen molar-refractivity contribution in [3.05, 3.63) is 41.6 Å². The van der Waals surface area contributed by atoms with Gasteiger partial charge in [0.1, 0.15) is 10.5 Å². The number of amides is 1. The van der Waals surface area contributed by atoms with Crippen molar-refractivity contribution in [3.63, 3.8) is 0 Å². The molecule has 194 valence electrons. The number of carbonyl (C=O) groups excluding carboxylic acids is 1. The van der Waals surface area contributed by atoms with Crippen LogP contribution in [0, 0.1) is 5.92 Å². The Labute approximate surface area is 207 Å². The highest BCUT2D eigenvalue weighted by atomic mass is 32.2. The van der Waals surface area contributed by atoms with Crippen LogP contribution in [0.2, 0.25) is 0 Å². The van der Waals surface area contributed by atoms with Crippen LogP contribution in [0.15, 0.2) is 34.9 Å². The van der Waals surface area contributed by atoms with Gasteiger partial charge in [-0.2, -0.15) is 0 Å². The Hall–Kier alpha value is -2.43. The quantitative estimate of drug-likeness (QED) is 0.488. The molecule has 10 heteroatoms. The zero-order valence-corrected chi connectivity index (χ0v) is 21.9. The summed E-state index contributed by atoms with van der Waals surface area (Å²) in [5.41, 5.74) is 1.10. The summed E-state index contributed by atoms with van der Waals surface area (Å²) in [7, 11) is -2.08. The predicted molar refractivity (Wildman–Crippen MR) is 132 cm³/mol. The largest absolute Gasteiger partial charge is 0.497 e. The topological polar surface area (TPSA) is 117 Å². The number of nitrogens with zero attached hydrogens (tertiary/aromatic N) is 1. The van der Waals surface area contributed by atoms with Gasteiger partial charge in [0.15, 0.2) is 9.84 Å². The zero-order chi connectivity index (χ0) is 25.7. The van der Waals surface area contributed by atoms with Gasteiger partial charge in [-0.05, 0) is 50.3 Å². The number of aromatic nitrogens is 1. The van der Waals surface area contributed by atoms with Crippen molar-refractivity contribution in [2.75, 3.05) is 38.0 Å². The fourth-order valence-electron chi connectivity index (χ4n) is 3.71. The second kappa shape index (κ2) is 11.1. The molecule has 1 saturated heterocycles. The minimum atomic E-state index is -3.70. The highest BCUT2D eigenvalue weighted by Gasteiger charge is 2.43. The third kappa shape index (κ3) is 6.83. The van der Waals surface area contributed by atoms with Crippen molar-refractivity contribution in [3.8, 4) is 5.75 Å². The van der Waals surface area contributed by atoms with Crippen LogP contribution in [-0.2, 0) is 36.1 Å². The van der Waals surface area contributed by atoms with Crippen molar-refractivity contribution in [1.29, 1.82) is 0 Å². The molecule has 3 rings (SSSR count). The van der Waals surface area contributed by atoms with Gasteiger partial charge in [-0.1, -0.05) is 31.1 Å².